The van der Waals surface area contributed by atoms with Crippen molar-refractivity contribution in [2.24, 2.45) is 0 Å². The third-order valence-corrected chi connectivity index (χ3v) is 2.55. The number of benzene rings is 1. The zero-order chi connectivity index (χ0) is 9.26. The predicted molar refractivity (Wildman–Crippen MR) is 54.1 cm³/mol. The van der Waals surface area contributed by atoms with Crippen LogP contribution in [0.25, 0.3) is 5.69 Å². The molecule has 0 N–H and O–H groups in total. The van der Waals surface area contributed by atoms with E-state index in [0.29, 0.717) is 5.28 Å². The monoisotopic (exact) mass is 257 g/mol. The molecule has 2 aromatic rings. The van der Waals surface area contributed by atoms with Crippen molar-refractivity contribution in [3.63, 3.8) is 0 Å². The van der Waals surface area contributed by atoms with Crippen LogP contribution >= 0.6 is 27.5 Å². The van der Waals surface area contributed by atoms with E-state index >= 15 is 0 Å². The summed E-state index contributed by atoms with van der Waals surface area (Å²) in [5, 5.41) is 7.74. The summed E-state index contributed by atoms with van der Waals surface area (Å²) in [7, 11) is 0. The normalized spacial score (nSPS) is 10.3. The van der Waals surface area contributed by atoms with Crippen molar-refractivity contribution in [3.05, 3.63) is 40.3 Å². The number of hydrogen-bond acceptors (Lipinski definition) is 2. The van der Waals surface area contributed by atoms with Gasteiger partial charge < -0.3 is 0 Å². The molecule has 0 saturated carbocycles. The van der Waals surface area contributed by atoms with Crippen LogP contribution in [0.4, 0.5) is 0 Å². The highest BCUT2D eigenvalue weighted by atomic mass is 79.9. The summed E-state index contributed by atoms with van der Waals surface area (Å²) >= 11 is 9.23. The molecule has 1 heterocycles. The Hall–Kier alpha value is -0.870. The topological polar surface area (TPSA) is 30.7 Å². The zero-order valence-electron chi connectivity index (χ0n) is 6.48. The lowest BCUT2D eigenvalue weighted by atomic mass is 10.3. The molecule has 0 bridgehead atoms. The van der Waals surface area contributed by atoms with Gasteiger partial charge in [0.05, 0.1) is 5.69 Å². The molecule has 66 valence electrons. The highest BCUT2D eigenvalue weighted by Gasteiger charge is 2.05. The summed E-state index contributed by atoms with van der Waals surface area (Å²) in [5.74, 6) is 0. The fourth-order valence-corrected chi connectivity index (χ4v) is 1.68. The number of nitrogens with zero attached hydrogens (tertiary/aromatic N) is 3. The number of halogens is 2. The second-order valence-corrected chi connectivity index (χ2v) is 3.61. The van der Waals surface area contributed by atoms with Crippen molar-refractivity contribution < 1.29 is 0 Å². The largest absolute Gasteiger partial charge is 0.271 e. The second-order valence-electron chi connectivity index (χ2n) is 2.42. The molecule has 0 aliphatic heterocycles. The quantitative estimate of drug-likeness (QED) is 0.787. The first-order valence-corrected chi connectivity index (χ1v) is 4.76. The minimum Gasteiger partial charge on any atom is -0.271 e. The Bertz CT molecular complexity index is 427. The molecule has 0 fully saturated rings. The van der Waals surface area contributed by atoms with Gasteiger partial charge in [0.25, 0.3) is 0 Å². The van der Waals surface area contributed by atoms with Crippen LogP contribution in [0.1, 0.15) is 0 Å². The van der Waals surface area contributed by atoms with Gasteiger partial charge in [-0.3, -0.25) is 4.57 Å². The summed E-state index contributed by atoms with van der Waals surface area (Å²) in [6.07, 6.45) is 1.57. The SMILES string of the molecule is Clc1nncn1-c1ccccc1Br. The molecule has 0 spiro atoms. The van der Waals surface area contributed by atoms with Crippen LogP contribution in [-0.2, 0) is 0 Å². The van der Waals surface area contributed by atoms with E-state index in [1.165, 1.54) is 0 Å². The van der Waals surface area contributed by atoms with E-state index in [0.717, 1.165) is 10.2 Å². The molecular weight excluding hydrogens is 253 g/mol. The minimum absolute atomic E-state index is 0.354. The van der Waals surface area contributed by atoms with Gasteiger partial charge >= 0.3 is 0 Å². The number of rotatable bonds is 1. The third kappa shape index (κ3) is 1.59. The van der Waals surface area contributed by atoms with E-state index in [2.05, 4.69) is 26.1 Å². The molecule has 0 radical (unpaired) electrons. The van der Waals surface area contributed by atoms with Crippen molar-refractivity contribution in [2.45, 2.75) is 0 Å². The molecule has 2 rings (SSSR count). The summed E-state index contributed by atoms with van der Waals surface area (Å²) < 4.78 is 2.66. The molecule has 0 aliphatic carbocycles. The van der Waals surface area contributed by atoms with Crippen LogP contribution in [0.3, 0.4) is 0 Å². The fraction of sp³-hybridized carbons (Fsp3) is 0. The molecule has 0 unspecified atom stereocenters. The third-order valence-electron chi connectivity index (χ3n) is 1.62. The Kier molecular flexibility index (Phi) is 2.33. The maximum Gasteiger partial charge on any atom is 0.229 e. The minimum atomic E-state index is 0.354. The van der Waals surface area contributed by atoms with Crippen molar-refractivity contribution in [1.29, 1.82) is 0 Å². The molecule has 5 heteroatoms. The molecule has 0 atom stereocenters. The fourth-order valence-electron chi connectivity index (χ4n) is 1.03. The van der Waals surface area contributed by atoms with E-state index in [1.807, 2.05) is 24.3 Å². The summed E-state index contributed by atoms with van der Waals surface area (Å²) in [6.45, 7) is 0. The Balaban J connectivity index is 2.59. The maximum absolute atomic E-state index is 5.81. The zero-order valence-corrected chi connectivity index (χ0v) is 8.83. The number of para-hydroxylation sites is 1. The number of hydrogen-bond donors (Lipinski definition) is 0. The summed E-state index contributed by atoms with van der Waals surface area (Å²) in [5.41, 5.74) is 0.928. The van der Waals surface area contributed by atoms with Crippen LogP contribution in [0, 0.1) is 0 Å². The Morgan fingerprint density at radius 3 is 2.69 bits per heavy atom. The summed E-state index contributed by atoms with van der Waals surface area (Å²) in [4.78, 5) is 0. The molecule has 1 aromatic heterocycles. The van der Waals surface area contributed by atoms with Gasteiger partial charge in [0.2, 0.25) is 5.28 Å². The predicted octanol–water partition coefficient (Wildman–Crippen LogP) is 2.68. The highest BCUT2D eigenvalue weighted by Crippen LogP contribution is 2.22. The second kappa shape index (κ2) is 3.47. The van der Waals surface area contributed by atoms with Crippen LogP contribution in [0.2, 0.25) is 5.28 Å². The lowest BCUT2D eigenvalue weighted by molar-refractivity contribution is 1.05. The van der Waals surface area contributed by atoms with E-state index in [1.54, 1.807) is 10.9 Å². The lowest BCUT2D eigenvalue weighted by Gasteiger charge is -2.03. The molecule has 13 heavy (non-hydrogen) atoms. The van der Waals surface area contributed by atoms with Crippen molar-refractivity contribution in [1.82, 2.24) is 14.8 Å². The maximum atomic E-state index is 5.81. The van der Waals surface area contributed by atoms with Crippen molar-refractivity contribution >= 4 is 27.5 Å². The number of aromatic nitrogens is 3. The first-order valence-electron chi connectivity index (χ1n) is 3.59. The van der Waals surface area contributed by atoms with Gasteiger partial charge in [-0.1, -0.05) is 12.1 Å². The van der Waals surface area contributed by atoms with Gasteiger partial charge in [-0.2, -0.15) is 0 Å². The average molecular weight is 259 g/mol. The van der Waals surface area contributed by atoms with Gasteiger partial charge in [-0.15, -0.1) is 10.2 Å². The van der Waals surface area contributed by atoms with Crippen LogP contribution < -0.4 is 0 Å². The Morgan fingerprint density at radius 2 is 2.08 bits per heavy atom. The Morgan fingerprint density at radius 1 is 1.31 bits per heavy atom. The average Bonchev–Trinajstić information content (AvgIpc) is 2.52. The molecule has 0 aliphatic rings. The molecule has 3 nitrogen and oxygen atoms in total. The molecule has 0 saturated heterocycles. The molecule has 1 aromatic carbocycles. The standard InChI is InChI=1S/C8H5BrClN3/c9-6-3-1-2-4-7(6)13-5-11-12-8(13)10/h1-5H. The van der Waals surface area contributed by atoms with Crippen LogP contribution in [0.5, 0.6) is 0 Å². The summed E-state index contributed by atoms with van der Waals surface area (Å²) in [6, 6.07) is 7.73. The molecule has 0 amide bonds. The van der Waals surface area contributed by atoms with Crippen LogP contribution in [0.15, 0.2) is 35.1 Å². The van der Waals surface area contributed by atoms with Gasteiger partial charge in [0.1, 0.15) is 6.33 Å². The van der Waals surface area contributed by atoms with Crippen molar-refractivity contribution in [2.75, 3.05) is 0 Å². The van der Waals surface area contributed by atoms with E-state index < -0.39 is 0 Å². The molecular formula is C8H5BrClN3. The lowest BCUT2D eigenvalue weighted by Crippen LogP contribution is -1.92. The van der Waals surface area contributed by atoms with Crippen LogP contribution in [-0.4, -0.2) is 14.8 Å². The smallest absolute Gasteiger partial charge is 0.229 e. The van der Waals surface area contributed by atoms with Gasteiger partial charge in [0.15, 0.2) is 0 Å². The Labute approximate surface area is 88.5 Å². The van der Waals surface area contributed by atoms with Gasteiger partial charge in [0, 0.05) is 4.47 Å². The first-order chi connectivity index (χ1) is 6.29. The van der Waals surface area contributed by atoms with E-state index in [9.17, 15) is 0 Å². The van der Waals surface area contributed by atoms with E-state index in [-0.39, 0.29) is 0 Å². The van der Waals surface area contributed by atoms with E-state index in [4.69, 9.17) is 11.6 Å². The first kappa shape index (κ1) is 8.72. The van der Waals surface area contributed by atoms with Gasteiger partial charge in [-0.25, -0.2) is 0 Å². The highest BCUT2D eigenvalue weighted by molar-refractivity contribution is 9.10. The van der Waals surface area contributed by atoms with Gasteiger partial charge in [-0.05, 0) is 39.7 Å². The van der Waals surface area contributed by atoms with Crippen molar-refractivity contribution in [3.8, 4) is 5.69 Å².